The molecule has 25 heavy (non-hydrogen) atoms. The lowest BCUT2D eigenvalue weighted by Gasteiger charge is -2.55. The number of esters is 1. The Labute approximate surface area is 148 Å². The van der Waals surface area contributed by atoms with Crippen LogP contribution >= 0.6 is 0 Å². The van der Waals surface area contributed by atoms with Crippen LogP contribution in [0.3, 0.4) is 0 Å². The van der Waals surface area contributed by atoms with E-state index < -0.39 is 5.97 Å². The molecule has 0 spiro atoms. The minimum Gasteiger partial charge on any atom is -0.493 e. The second-order valence-electron chi connectivity index (χ2n) is 8.13. The second kappa shape index (κ2) is 6.47. The van der Waals surface area contributed by atoms with E-state index >= 15 is 0 Å². The summed E-state index contributed by atoms with van der Waals surface area (Å²) in [5, 5.41) is 0. The molecule has 0 radical (unpaired) electrons. The molecule has 4 aliphatic carbocycles. The van der Waals surface area contributed by atoms with Crippen LogP contribution in [-0.4, -0.2) is 25.0 Å². The van der Waals surface area contributed by atoms with E-state index in [0.717, 1.165) is 19.3 Å². The largest absolute Gasteiger partial charge is 0.493 e. The van der Waals surface area contributed by atoms with E-state index in [2.05, 4.69) is 0 Å². The van der Waals surface area contributed by atoms with Crippen LogP contribution in [0.1, 0.15) is 55.8 Å². The fourth-order valence-electron chi connectivity index (χ4n) is 5.73. The lowest BCUT2D eigenvalue weighted by Crippen LogP contribution is -2.51. The minimum atomic E-state index is -0.470. The summed E-state index contributed by atoms with van der Waals surface area (Å²) in [5.41, 5.74) is 0.178. The van der Waals surface area contributed by atoms with Crippen LogP contribution in [0.25, 0.3) is 0 Å². The maximum Gasteiger partial charge on any atom is 0.342 e. The highest BCUT2D eigenvalue weighted by Gasteiger charge is 2.54. The van der Waals surface area contributed by atoms with E-state index in [0.29, 0.717) is 35.7 Å². The van der Waals surface area contributed by atoms with Crippen molar-refractivity contribution in [2.45, 2.75) is 45.4 Å². The van der Waals surface area contributed by atoms with Gasteiger partial charge in [-0.2, -0.15) is 0 Å². The first-order chi connectivity index (χ1) is 12.1. The van der Waals surface area contributed by atoms with Crippen LogP contribution in [0.2, 0.25) is 0 Å². The number of rotatable bonds is 6. The zero-order valence-electron chi connectivity index (χ0n) is 14.8. The van der Waals surface area contributed by atoms with Gasteiger partial charge >= 0.3 is 5.97 Å². The number of benzene rings is 1. The SMILES string of the molecule is CCOc1ccccc1C(=O)OCC(=O)C12CC3CC(CC(C3)C1)C2. The van der Waals surface area contributed by atoms with Gasteiger partial charge in [0.05, 0.1) is 6.61 Å². The monoisotopic (exact) mass is 342 g/mol. The van der Waals surface area contributed by atoms with Crippen molar-refractivity contribution >= 4 is 11.8 Å². The topological polar surface area (TPSA) is 52.6 Å². The van der Waals surface area contributed by atoms with E-state index in [-0.39, 0.29) is 17.8 Å². The third kappa shape index (κ3) is 3.07. The Bertz CT molecular complexity index is 643. The highest BCUT2D eigenvalue weighted by Crippen LogP contribution is 2.60. The number of para-hydroxylation sites is 1. The van der Waals surface area contributed by atoms with Crippen LogP contribution < -0.4 is 4.74 Å². The molecular formula is C21H26O4. The zero-order valence-corrected chi connectivity index (χ0v) is 14.8. The summed E-state index contributed by atoms with van der Waals surface area (Å²) in [6.45, 7) is 2.25. The molecule has 0 N–H and O–H groups in total. The maximum atomic E-state index is 12.9. The second-order valence-corrected chi connectivity index (χ2v) is 8.13. The molecule has 0 unspecified atom stereocenters. The summed E-state index contributed by atoms with van der Waals surface area (Å²) < 4.78 is 10.9. The summed E-state index contributed by atoms with van der Waals surface area (Å²) in [5.74, 6) is 2.31. The van der Waals surface area contributed by atoms with Crippen LogP contribution in [0, 0.1) is 23.2 Å². The number of Topliss-reactive ketones (excluding diaryl/α,β-unsaturated/α-hetero) is 1. The van der Waals surface area contributed by atoms with Crippen molar-refractivity contribution in [3.8, 4) is 5.75 Å². The Morgan fingerprint density at radius 2 is 1.64 bits per heavy atom. The number of ether oxygens (including phenoxy) is 2. The maximum absolute atomic E-state index is 12.9. The fraction of sp³-hybridized carbons (Fsp3) is 0.619. The molecule has 1 aromatic rings. The van der Waals surface area contributed by atoms with Gasteiger partial charge in [0.25, 0.3) is 0 Å². The Balaban J connectivity index is 1.42. The lowest BCUT2D eigenvalue weighted by molar-refractivity contribution is -0.147. The normalized spacial score (nSPS) is 32.4. The molecule has 134 valence electrons. The van der Waals surface area contributed by atoms with Crippen molar-refractivity contribution in [2.24, 2.45) is 23.2 Å². The van der Waals surface area contributed by atoms with Gasteiger partial charge in [0.1, 0.15) is 11.3 Å². The first kappa shape index (κ1) is 16.6. The van der Waals surface area contributed by atoms with E-state index in [1.807, 2.05) is 13.0 Å². The van der Waals surface area contributed by atoms with Crippen LogP contribution in [0.5, 0.6) is 5.75 Å². The Morgan fingerprint density at radius 3 is 2.24 bits per heavy atom. The number of ketones is 1. The predicted octanol–water partition coefficient (Wildman–Crippen LogP) is 4.03. The summed E-state index contributed by atoms with van der Waals surface area (Å²) >= 11 is 0. The highest BCUT2D eigenvalue weighted by atomic mass is 16.5. The Kier molecular flexibility index (Phi) is 4.30. The van der Waals surface area contributed by atoms with E-state index in [1.165, 1.54) is 19.3 Å². The summed E-state index contributed by atoms with van der Waals surface area (Å²) in [7, 11) is 0. The third-order valence-electron chi connectivity index (χ3n) is 6.37. The van der Waals surface area contributed by atoms with Gasteiger partial charge in [-0.05, 0) is 75.3 Å². The van der Waals surface area contributed by atoms with Crippen LogP contribution in [0.4, 0.5) is 0 Å². The standard InChI is InChI=1S/C21H26O4/c1-2-24-18-6-4-3-5-17(18)20(23)25-13-19(22)21-10-14-7-15(11-21)9-16(8-14)12-21/h3-6,14-16H,2,7-13H2,1H3. The number of carbonyl (C=O) groups excluding carboxylic acids is 2. The van der Waals surface area contributed by atoms with Gasteiger partial charge in [-0.25, -0.2) is 4.79 Å². The average molecular weight is 342 g/mol. The quantitative estimate of drug-likeness (QED) is 0.733. The molecule has 0 aliphatic heterocycles. The molecule has 0 heterocycles. The first-order valence-corrected chi connectivity index (χ1v) is 9.52. The minimum absolute atomic E-state index is 0.106. The number of hydrogen-bond donors (Lipinski definition) is 0. The average Bonchev–Trinajstić information content (AvgIpc) is 2.59. The van der Waals surface area contributed by atoms with Crippen LogP contribution in [0.15, 0.2) is 24.3 Å². The van der Waals surface area contributed by atoms with Gasteiger partial charge in [0.2, 0.25) is 0 Å². The third-order valence-corrected chi connectivity index (χ3v) is 6.37. The van der Waals surface area contributed by atoms with Crippen molar-refractivity contribution < 1.29 is 19.1 Å². The Morgan fingerprint density at radius 1 is 1.04 bits per heavy atom. The van der Waals surface area contributed by atoms with Crippen molar-refractivity contribution in [2.75, 3.05) is 13.2 Å². The molecule has 0 atom stereocenters. The molecule has 4 saturated carbocycles. The number of hydrogen-bond acceptors (Lipinski definition) is 4. The van der Waals surface area contributed by atoms with Gasteiger partial charge in [-0.3, -0.25) is 4.79 Å². The predicted molar refractivity (Wildman–Crippen MR) is 93.5 cm³/mol. The summed E-state index contributed by atoms with van der Waals surface area (Å²) in [6.07, 6.45) is 6.91. The van der Waals surface area contributed by atoms with Crippen molar-refractivity contribution in [1.82, 2.24) is 0 Å². The molecule has 4 nitrogen and oxygen atoms in total. The van der Waals surface area contributed by atoms with Gasteiger partial charge < -0.3 is 9.47 Å². The van der Waals surface area contributed by atoms with Crippen molar-refractivity contribution in [3.63, 3.8) is 0 Å². The zero-order chi connectivity index (χ0) is 17.4. The molecule has 0 saturated heterocycles. The van der Waals surface area contributed by atoms with Gasteiger partial charge in [0.15, 0.2) is 12.4 Å². The molecule has 4 bridgehead atoms. The molecule has 4 aliphatic rings. The molecule has 4 fully saturated rings. The molecule has 0 amide bonds. The van der Waals surface area contributed by atoms with E-state index in [4.69, 9.17) is 9.47 Å². The Hall–Kier alpha value is -1.84. The summed E-state index contributed by atoms with van der Waals surface area (Å²) in [6, 6.07) is 7.03. The summed E-state index contributed by atoms with van der Waals surface area (Å²) in [4.78, 5) is 25.4. The number of carbonyl (C=O) groups is 2. The molecule has 0 aromatic heterocycles. The first-order valence-electron chi connectivity index (χ1n) is 9.52. The molecule has 1 aromatic carbocycles. The molecular weight excluding hydrogens is 316 g/mol. The van der Waals surface area contributed by atoms with E-state index in [9.17, 15) is 9.59 Å². The fourth-order valence-corrected chi connectivity index (χ4v) is 5.73. The van der Waals surface area contributed by atoms with Gasteiger partial charge in [-0.15, -0.1) is 0 Å². The molecule has 5 rings (SSSR count). The van der Waals surface area contributed by atoms with Crippen molar-refractivity contribution in [3.05, 3.63) is 29.8 Å². The van der Waals surface area contributed by atoms with Crippen molar-refractivity contribution in [1.29, 1.82) is 0 Å². The smallest absolute Gasteiger partial charge is 0.342 e. The van der Waals surface area contributed by atoms with E-state index in [1.54, 1.807) is 18.2 Å². The lowest BCUT2D eigenvalue weighted by atomic mass is 9.48. The molecule has 4 heteroatoms. The van der Waals surface area contributed by atoms with Gasteiger partial charge in [-0.1, -0.05) is 12.1 Å². The highest BCUT2D eigenvalue weighted by molar-refractivity contribution is 5.95. The van der Waals surface area contributed by atoms with Gasteiger partial charge in [0, 0.05) is 5.41 Å². The van der Waals surface area contributed by atoms with Crippen LogP contribution in [-0.2, 0) is 9.53 Å².